The molecule has 0 fully saturated rings. The van der Waals surface area contributed by atoms with Gasteiger partial charge < -0.3 is 15.1 Å². The molecule has 1 amide bonds. The zero-order valence-corrected chi connectivity index (χ0v) is 14.6. The molecule has 3 heterocycles. The third-order valence-electron chi connectivity index (χ3n) is 4.15. The lowest BCUT2D eigenvalue weighted by atomic mass is 10.1. The van der Waals surface area contributed by atoms with Crippen LogP contribution in [0.25, 0.3) is 28.2 Å². The Morgan fingerprint density at radius 2 is 1.86 bits per heavy atom. The van der Waals surface area contributed by atoms with Crippen molar-refractivity contribution in [3.05, 3.63) is 58.0 Å². The molecule has 0 atom stereocenters. The molecule has 0 radical (unpaired) electrons. The normalized spacial score (nSPS) is 11.9. The summed E-state index contributed by atoms with van der Waals surface area (Å²) in [7, 11) is 0. The van der Waals surface area contributed by atoms with Crippen LogP contribution in [-0.4, -0.2) is 30.7 Å². The number of aromatic amines is 1. The number of aryl methyl sites for hydroxylation is 1. The first-order valence-corrected chi connectivity index (χ1v) is 8.10. The highest BCUT2D eigenvalue weighted by Gasteiger charge is 2.39. The van der Waals surface area contributed by atoms with Crippen molar-refractivity contribution in [1.82, 2.24) is 24.8 Å². The molecule has 9 nitrogen and oxygen atoms in total. The fourth-order valence-electron chi connectivity index (χ4n) is 2.94. The van der Waals surface area contributed by atoms with Gasteiger partial charge in [-0.1, -0.05) is 30.3 Å². The van der Waals surface area contributed by atoms with Crippen molar-refractivity contribution < 1.29 is 22.4 Å². The highest BCUT2D eigenvalue weighted by molar-refractivity contribution is 5.88. The summed E-state index contributed by atoms with van der Waals surface area (Å²) in [6, 6.07) is 7.75. The number of nitrogens with two attached hydrogens (primary N) is 1. The van der Waals surface area contributed by atoms with Gasteiger partial charge in [0.2, 0.25) is 0 Å². The fraction of sp³-hybridized carbons (Fsp3) is 0.118. The van der Waals surface area contributed by atoms with E-state index in [0.717, 1.165) is 0 Å². The summed E-state index contributed by atoms with van der Waals surface area (Å²) in [6.45, 7) is 1.44. The lowest BCUT2D eigenvalue weighted by Crippen LogP contribution is -2.20. The molecule has 29 heavy (non-hydrogen) atoms. The molecule has 0 saturated carbocycles. The molecule has 0 spiro atoms. The number of fused-ring (bicyclic) bond motifs is 1. The number of halogens is 3. The summed E-state index contributed by atoms with van der Waals surface area (Å²) in [5, 5.41) is 10.5. The summed E-state index contributed by atoms with van der Waals surface area (Å²) in [5.74, 6) is -1.92. The summed E-state index contributed by atoms with van der Waals surface area (Å²) in [6.07, 6.45) is -4.81. The quantitative estimate of drug-likeness (QED) is 0.538. The van der Waals surface area contributed by atoms with Gasteiger partial charge in [-0.25, -0.2) is 0 Å². The van der Waals surface area contributed by atoms with Crippen LogP contribution in [0.1, 0.15) is 22.1 Å². The number of aromatic nitrogens is 5. The first-order chi connectivity index (χ1) is 13.7. The van der Waals surface area contributed by atoms with Crippen LogP contribution in [0.2, 0.25) is 0 Å². The van der Waals surface area contributed by atoms with Gasteiger partial charge in [0.1, 0.15) is 11.2 Å². The molecule has 0 unspecified atom stereocenters. The van der Waals surface area contributed by atoms with Gasteiger partial charge in [-0.15, -0.1) is 10.2 Å². The number of hydrogen-bond acceptors (Lipinski definition) is 6. The van der Waals surface area contributed by atoms with E-state index < -0.39 is 29.2 Å². The first-order valence-electron chi connectivity index (χ1n) is 8.10. The van der Waals surface area contributed by atoms with E-state index >= 15 is 0 Å². The van der Waals surface area contributed by atoms with Crippen molar-refractivity contribution in [1.29, 1.82) is 0 Å². The molecular formula is C17H11F3N6O3. The SMILES string of the molecule is Cc1[nH]c2c(-c3ccccc3)c(C(F)(F)F)nn2c(=O)c1-c1nnc(C(N)=O)o1. The molecule has 4 rings (SSSR count). The molecule has 12 heteroatoms. The van der Waals surface area contributed by atoms with E-state index in [9.17, 15) is 22.8 Å². The number of carbonyl (C=O) groups is 1. The number of alkyl halides is 3. The second kappa shape index (κ2) is 6.29. The first kappa shape index (κ1) is 18.4. The maximum atomic E-state index is 13.6. The van der Waals surface area contributed by atoms with Gasteiger partial charge in [0.15, 0.2) is 5.69 Å². The van der Waals surface area contributed by atoms with Gasteiger partial charge in [0.05, 0.1) is 5.56 Å². The number of H-pyrrole nitrogens is 1. The van der Waals surface area contributed by atoms with Gasteiger partial charge in [0, 0.05) is 5.69 Å². The molecule has 0 aliphatic carbocycles. The number of nitrogens with zero attached hydrogens (tertiary/aromatic N) is 4. The summed E-state index contributed by atoms with van der Waals surface area (Å²) >= 11 is 0. The standard InChI is InChI=1S/C17H11F3N6O3/c1-7-9(14-23-24-15(29-14)12(21)27)16(28)26-13(22-7)10(8-5-3-2-4-6-8)11(25-26)17(18,19)20/h2-6,22H,1H3,(H2,21,27). The summed E-state index contributed by atoms with van der Waals surface area (Å²) in [4.78, 5) is 26.8. The predicted octanol–water partition coefficient (Wildman–Crippen LogP) is 2.17. The van der Waals surface area contributed by atoms with Gasteiger partial charge in [-0.3, -0.25) is 9.59 Å². The molecule has 0 bridgehead atoms. The lowest BCUT2D eigenvalue weighted by molar-refractivity contribution is -0.140. The van der Waals surface area contributed by atoms with Crippen molar-refractivity contribution in [2.45, 2.75) is 13.1 Å². The molecular weight excluding hydrogens is 393 g/mol. The van der Waals surface area contributed by atoms with Crippen molar-refractivity contribution in [2.24, 2.45) is 5.73 Å². The van der Waals surface area contributed by atoms with E-state index in [4.69, 9.17) is 10.2 Å². The molecule has 1 aromatic carbocycles. The van der Waals surface area contributed by atoms with Gasteiger partial charge in [-0.2, -0.15) is 22.8 Å². The number of amides is 1. The minimum absolute atomic E-state index is 0.146. The Hall–Kier alpha value is -3.96. The largest absolute Gasteiger partial charge is 0.435 e. The second-order valence-electron chi connectivity index (χ2n) is 6.05. The number of nitrogens with one attached hydrogen (secondary N) is 1. The average Bonchev–Trinajstić information content (AvgIpc) is 3.27. The molecule has 0 aliphatic rings. The van der Waals surface area contributed by atoms with Crippen LogP contribution in [0.3, 0.4) is 0 Å². The van der Waals surface area contributed by atoms with Crippen LogP contribution in [0, 0.1) is 6.92 Å². The smallest absolute Gasteiger partial charge is 0.412 e. The zero-order valence-electron chi connectivity index (χ0n) is 14.6. The van der Waals surface area contributed by atoms with Gasteiger partial charge >= 0.3 is 18.0 Å². The topological polar surface area (TPSA) is 132 Å². The fourth-order valence-corrected chi connectivity index (χ4v) is 2.94. The van der Waals surface area contributed by atoms with E-state index in [1.54, 1.807) is 18.2 Å². The highest BCUT2D eigenvalue weighted by atomic mass is 19.4. The second-order valence-corrected chi connectivity index (χ2v) is 6.05. The Bertz CT molecular complexity index is 1300. The van der Waals surface area contributed by atoms with Gasteiger partial charge in [0.25, 0.3) is 11.4 Å². The summed E-state index contributed by atoms with van der Waals surface area (Å²) in [5.41, 5.74) is 2.62. The number of rotatable bonds is 3. The minimum atomic E-state index is -4.81. The van der Waals surface area contributed by atoms with Gasteiger partial charge in [-0.05, 0) is 12.5 Å². The third kappa shape index (κ3) is 2.94. The van der Waals surface area contributed by atoms with Crippen molar-refractivity contribution in [3.63, 3.8) is 0 Å². The molecule has 0 aliphatic heterocycles. The van der Waals surface area contributed by atoms with E-state index in [-0.39, 0.29) is 33.9 Å². The number of benzene rings is 1. The minimum Gasteiger partial charge on any atom is -0.412 e. The average molecular weight is 404 g/mol. The maximum absolute atomic E-state index is 13.6. The molecule has 0 saturated heterocycles. The Labute approximate surface area is 159 Å². The number of primary amides is 1. The van der Waals surface area contributed by atoms with Crippen molar-refractivity contribution in [3.8, 4) is 22.6 Å². The molecule has 3 N–H and O–H groups in total. The van der Waals surface area contributed by atoms with Crippen molar-refractivity contribution >= 4 is 11.6 Å². The van der Waals surface area contributed by atoms with E-state index in [1.807, 2.05) is 0 Å². The van der Waals surface area contributed by atoms with E-state index in [1.165, 1.54) is 19.1 Å². The third-order valence-corrected chi connectivity index (χ3v) is 4.15. The number of carbonyl (C=O) groups excluding carboxylic acids is 1. The van der Waals surface area contributed by atoms with Crippen molar-refractivity contribution in [2.75, 3.05) is 0 Å². The van der Waals surface area contributed by atoms with E-state index in [2.05, 4.69) is 20.3 Å². The van der Waals surface area contributed by atoms with Crippen LogP contribution in [-0.2, 0) is 6.18 Å². The Morgan fingerprint density at radius 1 is 1.17 bits per heavy atom. The Morgan fingerprint density at radius 3 is 2.45 bits per heavy atom. The summed E-state index contributed by atoms with van der Waals surface area (Å²) < 4.78 is 46.5. The predicted molar refractivity (Wildman–Crippen MR) is 92.8 cm³/mol. The van der Waals surface area contributed by atoms with Crippen LogP contribution in [0.15, 0.2) is 39.5 Å². The Balaban J connectivity index is 2.05. The lowest BCUT2D eigenvalue weighted by Gasteiger charge is -2.07. The highest BCUT2D eigenvalue weighted by Crippen LogP contribution is 2.38. The van der Waals surface area contributed by atoms with E-state index in [0.29, 0.717) is 4.52 Å². The maximum Gasteiger partial charge on any atom is 0.435 e. The monoisotopic (exact) mass is 404 g/mol. The van der Waals surface area contributed by atoms with Crippen LogP contribution >= 0.6 is 0 Å². The molecule has 4 aromatic rings. The number of hydrogen-bond donors (Lipinski definition) is 2. The van der Waals surface area contributed by atoms with Crippen LogP contribution in [0.5, 0.6) is 0 Å². The molecule has 148 valence electrons. The zero-order chi connectivity index (χ0) is 20.9. The molecule has 3 aromatic heterocycles. The van der Waals surface area contributed by atoms with Crippen LogP contribution < -0.4 is 11.3 Å². The Kier molecular flexibility index (Phi) is 3.99. The van der Waals surface area contributed by atoms with Crippen LogP contribution in [0.4, 0.5) is 13.2 Å².